The van der Waals surface area contributed by atoms with Gasteiger partial charge in [0.15, 0.2) is 9.84 Å². The molecule has 0 aliphatic rings. The number of sulfone groups is 1. The maximum atomic E-state index is 12.7. The van der Waals surface area contributed by atoms with Gasteiger partial charge in [0.2, 0.25) is 0 Å². The summed E-state index contributed by atoms with van der Waals surface area (Å²) < 4.78 is 23.5. The van der Waals surface area contributed by atoms with Crippen LogP contribution in [0.1, 0.15) is 24.2 Å². The zero-order valence-corrected chi connectivity index (χ0v) is 13.8. The number of hydrogen-bond donors (Lipinski definition) is 0. The third kappa shape index (κ3) is 3.44. The van der Waals surface area contributed by atoms with Crippen LogP contribution in [0, 0.1) is 0 Å². The summed E-state index contributed by atoms with van der Waals surface area (Å²) in [6, 6.07) is 8.61. The molecule has 0 aliphatic carbocycles. The standard InChI is InChI=1S/C16H20N2O3S/c1-4-22(20,21)11-12(2)18(3)16(19)14-7-5-9-15-13(14)8-6-10-17-15/h5-10,12H,4,11H2,1-3H3/t12-/m0/s1. The average molecular weight is 320 g/mol. The zero-order valence-electron chi connectivity index (χ0n) is 13.0. The van der Waals surface area contributed by atoms with Gasteiger partial charge in [-0.2, -0.15) is 0 Å². The Balaban J connectivity index is 2.30. The second kappa shape index (κ2) is 6.44. The van der Waals surface area contributed by atoms with Gasteiger partial charge in [-0.25, -0.2) is 8.42 Å². The largest absolute Gasteiger partial charge is 0.338 e. The first-order chi connectivity index (χ1) is 10.4. The van der Waals surface area contributed by atoms with Gasteiger partial charge >= 0.3 is 0 Å². The van der Waals surface area contributed by atoms with Gasteiger partial charge in [0, 0.05) is 36.0 Å². The molecule has 22 heavy (non-hydrogen) atoms. The van der Waals surface area contributed by atoms with Gasteiger partial charge in [0.25, 0.3) is 5.91 Å². The molecule has 0 aliphatic heterocycles. The number of carbonyl (C=O) groups excluding carboxylic acids is 1. The molecule has 0 bridgehead atoms. The molecule has 0 N–H and O–H groups in total. The molecule has 1 aromatic heterocycles. The van der Waals surface area contributed by atoms with E-state index in [9.17, 15) is 13.2 Å². The highest BCUT2D eigenvalue weighted by atomic mass is 32.2. The van der Waals surface area contributed by atoms with E-state index >= 15 is 0 Å². The highest BCUT2D eigenvalue weighted by Crippen LogP contribution is 2.19. The Labute approximate surface area is 130 Å². The minimum atomic E-state index is -3.13. The van der Waals surface area contributed by atoms with Crippen molar-refractivity contribution in [3.8, 4) is 0 Å². The van der Waals surface area contributed by atoms with Crippen LogP contribution >= 0.6 is 0 Å². The third-order valence-corrected chi connectivity index (χ3v) is 5.66. The summed E-state index contributed by atoms with van der Waals surface area (Å²) in [6.45, 7) is 3.36. The SMILES string of the molecule is CCS(=O)(=O)C[C@H](C)N(C)C(=O)c1cccc2ncccc12. The number of amides is 1. The number of nitrogens with zero attached hydrogens (tertiary/aromatic N) is 2. The lowest BCUT2D eigenvalue weighted by Crippen LogP contribution is -2.39. The summed E-state index contributed by atoms with van der Waals surface area (Å²) >= 11 is 0. The van der Waals surface area contributed by atoms with E-state index in [1.807, 2.05) is 12.1 Å². The molecule has 0 radical (unpaired) electrons. The Hall–Kier alpha value is -1.95. The van der Waals surface area contributed by atoms with Crippen molar-refractivity contribution in [1.29, 1.82) is 0 Å². The van der Waals surface area contributed by atoms with E-state index in [4.69, 9.17) is 0 Å². The number of benzene rings is 1. The van der Waals surface area contributed by atoms with Gasteiger partial charge in [-0.1, -0.05) is 19.1 Å². The van der Waals surface area contributed by atoms with E-state index in [0.717, 1.165) is 10.9 Å². The molecule has 1 heterocycles. The van der Waals surface area contributed by atoms with Crippen LogP contribution in [0.4, 0.5) is 0 Å². The Morgan fingerprint density at radius 2 is 2.00 bits per heavy atom. The lowest BCUT2D eigenvalue weighted by Gasteiger charge is -2.25. The van der Waals surface area contributed by atoms with E-state index in [1.54, 1.807) is 45.3 Å². The van der Waals surface area contributed by atoms with E-state index in [-0.39, 0.29) is 23.5 Å². The highest BCUT2D eigenvalue weighted by molar-refractivity contribution is 7.91. The predicted octanol–water partition coefficient (Wildman–Crippen LogP) is 2.13. The first-order valence-electron chi connectivity index (χ1n) is 7.17. The average Bonchev–Trinajstić information content (AvgIpc) is 2.52. The molecule has 0 fully saturated rings. The minimum absolute atomic E-state index is 0.0330. The molecule has 2 aromatic rings. The monoisotopic (exact) mass is 320 g/mol. The van der Waals surface area contributed by atoms with Crippen molar-refractivity contribution in [3.63, 3.8) is 0 Å². The van der Waals surface area contributed by atoms with Gasteiger partial charge in [-0.15, -0.1) is 0 Å². The van der Waals surface area contributed by atoms with Crippen molar-refractivity contribution in [3.05, 3.63) is 42.1 Å². The topological polar surface area (TPSA) is 67.3 Å². The van der Waals surface area contributed by atoms with Gasteiger partial charge in [0.05, 0.1) is 11.3 Å². The third-order valence-electron chi connectivity index (χ3n) is 3.79. The first kappa shape index (κ1) is 16.4. The molecule has 6 heteroatoms. The Morgan fingerprint density at radius 3 is 2.68 bits per heavy atom. The van der Waals surface area contributed by atoms with E-state index < -0.39 is 9.84 Å². The molecule has 118 valence electrons. The second-order valence-corrected chi connectivity index (χ2v) is 7.74. The van der Waals surface area contributed by atoms with Gasteiger partial charge in [-0.05, 0) is 25.1 Å². The Kier molecular flexibility index (Phi) is 4.81. The van der Waals surface area contributed by atoms with Crippen LogP contribution in [-0.2, 0) is 9.84 Å². The van der Waals surface area contributed by atoms with Crippen molar-refractivity contribution in [2.45, 2.75) is 19.9 Å². The van der Waals surface area contributed by atoms with Gasteiger partial charge < -0.3 is 4.90 Å². The molecule has 5 nitrogen and oxygen atoms in total. The molecule has 0 unspecified atom stereocenters. The molecule has 2 rings (SSSR count). The quantitative estimate of drug-likeness (QED) is 0.846. The number of hydrogen-bond acceptors (Lipinski definition) is 4. The molecular weight excluding hydrogens is 300 g/mol. The number of aromatic nitrogens is 1. The number of pyridine rings is 1. The van der Waals surface area contributed by atoms with Gasteiger partial charge in [0.1, 0.15) is 0 Å². The maximum absolute atomic E-state index is 12.7. The van der Waals surface area contributed by atoms with E-state index in [2.05, 4.69) is 4.98 Å². The molecule has 1 amide bonds. The van der Waals surface area contributed by atoms with Crippen LogP contribution in [-0.4, -0.2) is 48.8 Å². The molecule has 1 atom stereocenters. The maximum Gasteiger partial charge on any atom is 0.254 e. The van der Waals surface area contributed by atoms with Crippen LogP contribution in [0.25, 0.3) is 10.9 Å². The summed E-state index contributed by atoms with van der Waals surface area (Å²) in [6.07, 6.45) is 1.68. The van der Waals surface area contributed by atoms with Crippen LogP contribution in [0.5, 0.6) is 0 Å². The smallest absolute Gasteiger partial charge is 0.254 e. The van der Waals surface area contributed by atoms with Crippen molar-refractivity contribution in [2.24, 2.45) is 0 Å². The van der Waals surface area contributed by atoms with Crippen LogP contribution < -0.4 is 0 Å². The molecule has 1 aromatic carbocycles. The Bertz CT molecular complexity index is 782. The van der Waals surface area contributed by atoms with Crippen molar-refractivity contribution in [2.75, 3.05) is 18.6 Å². The summed E-state index contributed by atoms with van der Waals surface area (Å²) in [5.74, 6) is -0.149. The van der Waals surface area contributed by atoms with Gasteiger partial charge in [-0.3, -0.25) is 9.78 Å². The fourth-order valence-corrected chi connectivity index (χ4v) is 3.47. The van der Waals surface area contributed by atoms with Crippen LogP contribution in [0.15, 0.2) is 36.5 Å². The Morgan fingerprint density at radius 1 is 1.27 bits per heavy atom. The molecule has 0 saturated carbocycles. The summed E-state index contributed by atoms with van der Waals surface area (Å²) in [4.78, 5) is 18.4. The zero-order chi connectivity index (χ0) is 16.3. The minimum Gasteiger partial charge on any atom is -0.338 e. The lowest BCUT2D eigenvalue weighted by molar-refractivity contribution is 0.0759. The van der Waals surface area contributed by atoms with E-state index in [0.29, 0.717) is 5.56 Å². The van der Waals surface area contributed by atoms with Crippen LogP contribution in [0.2, 0.25) is 0 Å². The fraction of sp³-hybridized carbons (Fsp3) is 0.375. The highest BCUT2D eigenvalue weighted by Gasteiger charge is 2.23. The van der Waals surface area contributed by atoms with E-state index in [1.165, 1.54) is 4.90 Å². The lowest BCUT2D eigenvalue weighted by atomic mass is 10.1. The second-order valence-electron chi connectivity index (χ2n) is 5.34. The summed E-state index contributed by atoms with van der Waals surface area (Å²) in [7, 11) is -1.50. The number of fused-ring (bicyclic) bond motifs is 1. The molecule has 0 saturated heterocycles. The summed E-state index contributed by atoms with van der Waals surface area (Å²) in [5.41, 5.74) is 1.28. The molecule has 0 spiro atoms. The van der Waals surface area contributed by atoms with Crippen molar-refractivity contribution < 1.29 is 13.2 Å². The first-order valence-corrected chi connectivity index (χ1v) is 8.99. The normalized spacial score (nSPS) is 13.0. The number of carbonyl (C=O) groups is 1. The fourth-order valence-electron chi connectivity index (χ4n) is 2.28. The predicted molar refractivity (Wildman–Crippen MR) is 87.6 cm³/mol. The molecular formula is C16H20N2O3S. The van der Waals surface area contributed by atoms with Crippen molar-refractivity contribution >= 4 is 26.6 Å². The van der Waals surface area contributed by atoms with Crippen molar-refractivity contribution in [1.82, 2.24) is 9.88 Å². The van der Waals surface area contributed by atoms with Crippen LogP contribution in [0.3, 0.4) is 0 Å². The number of rotatable bonds is 5. The summed E-state index contributed by atoms with van der Waals surface area (Å²) in [5, 5.41) is 0.771.